The third-order valence-electron chi connectivity index (χ3n) is 5.70. The minimum absolute atomic E-state index is 0.114. The number of carbonyl (C=O) groups is 1. The molecule has 0 bridgehead atoms. The van der Waals surface area contributed by atoms with Gasteiger partial charge in [0.15, 0.2) is 0 Å². The van der Waals surface area contributed by atoms with Crippen molar-refractivity contribution in [1.29, 1.82) is 0 Å². The Hall–Kier alpha value is -3.46. The van der Waals surface area contributed by atoms with Crippen LogP contribution < -0.4 is 5.43 Å². The lowest BCUT2D eigenvalue weighted by Gasteiger charge is -2.12. The Balaban J connectivity index is 1.54. The summed E-state index contributed by atoms with van der Waals surface area (Å²) in [6.07, 6.45) is 2.81. The highest BCUT2D eigenvalue weighted by molar-refractivity contribution is 6.13. The number of fused-ring (bicyclic) bond motifs is 2. The fourth-order valence-electron chi connectivity index (χ4n) is 4.01. The second-order valence-electron chi connectivity index (χ2n) is 8.53. The van der Waals surface area contributed by atoms with Crippen molar-refractivity contribution in [3.05, 3.63) is 95.6 Å². The summed E-state index contributed by atoms with van der Waals surface area (Å²) >= 11 is 0. The molecule has 1 amide bonds. The highest BCUT2D eigenvalue weighted by atomic mass is 16.2. The van der Waals surface area contributed by atoms with Gasteiger partial charge in [-0.05, 0) is 58.0 Å². The average Bonchev–Trinajstić information content (AvgIpc) is 2.78. The van der Waals surface area contributed by atoms with E-state index in [2.05, 4.69) is 66.8 Å². The van der Waals surface area contributed by atoms with Gasteiger partial charge in [0.25, 0.3) is 0 Å². The highest BCUT2D eigenvalue weighted by Crippen LogP contribution is 2.27. The second kappa shape index (κ2) is 9.13. The standard InChI is InChI=1S/C28H28N2O/c1-19(2)16-21-12-14-22(15-13-21)20(3)28(31)30-29-18-27-25-10-6-4-8-23(25)17-24-9-5-7-11-26(24)27/h4-15,17-20H,16H2,1-3H3,(H,30,31)/b29-18+. The molecule has 1 N–H and O–H groups in total. The number of nitrogens with zero attached hydrogens (tertiary/aromatic N) is 1. The fraction of sp³-hybridized carbons (Fsp3) is 0.214. The Kier molecular flexibility index (Phi) is 6.13. The lowest BCUT2D eigenvalue weighted by atomic mass is 9.96. The molecule has 0 heterocycles. The number of nitrogens with one attached hydrogen (secondary N) is 1. The zero-order valence-electron chi connectivity index (χ0n) is 18.3. The van der Waals surface area contributed by atoms with Crippen molar-refractivity contribution in [2.75, 3.05) is 0 Å². The molecule has 0 aliphatic heterocycles. The van der Waals surface area contributed by atoms with Crippen LogP contribution in [-0.2, 0) is 11.2 Å². The molecule has 4 aromatic carbocycles. The summed E-state index contributed by atoms with van der Waals surface area (Å²) < 4.78 is 0. The van der Waals surface area contributed by atoms with Crippen LogP contribution in [0.1, 0.15) is 43.4 Å². The molecule has 156 valence electrons. The van der Waals surface area contributed by atoms with Gasteiger partial charge in [0.05, 0.1) is 12.1 Å². The first kappa shape index (κ1) is 20.8. The number of carbonyl (C=O) groups excluding carboxylic acids is 1. The minimum atomic E-state index is -0.269. The van der Waals surface area contributed by atoms with E-state index in [0.29, 0.717) is 5.92 Å². The minimum Gasteiger partial charge on any atom is -0.272 e. The molecule has 3 heteroatoms. The summed E-state index contributed by atoms with van der Waals surface area (Å²) in [5.41, 5.74) is 6.04. The SMILES string of the molecule is CC(C)Cc1ccc(C(C)C(=O)N/N=C/c2c3ccccc3cc3ccccc23)cc1. The van der Waals surface area contributed by atoms with E-state index in [1.54, 1.807) is 6.21 Å². The largest absolute Gasteiger partial charge is 0.272 e. The predicted molar refractivity (Wildman–Crippen MR) is 131 cm³/mol. The molecular weight excluding hydrogens is 380 g/mol. The first-order valence-corrected chi connectivity index (χ1v) is 10.8. The van der Waals surface area contributed by atoms with Gasteiger partial charge in [0.2, 0.25) is 5.91 Å². The van der Waals surface area contributed by atoms with Crippen LogP contribution >= 0.6 is 0 Å². The maximum Gasteiger partial charge on any atom is 0.247 e. The first-order chi connectivity index (χ1) is 15.0. The lowest BCUT2D eigenvalue weighted by Crippen LogP contribution is -2.23. The summed E-state index contributed by atoms with van der Waals surface area (Å²) in [4.78, 5) is 12.7. The highest BCUT2D eigenvalue weighted by Gasteiger charge is 2.15. The zero-order chi connectivity index (χ0) is 21.8. The molecule has 0 aliphatic rings. The number of amides is 1. The Morgan fingerprint density at radius 2 is 1.45 bits per heavy atom. The molecule has 0 aliphatic carbocycles. The fourth-order valence-corrected chi connectivity index (χ4v) is 4.01. The van der Waals surface area contributed by atoms with Crippen LogP contribution in [0.3, 0.4) is 0 Å². The van der Waals surface area contributed by atoms with Crippen LogP contribution in [0.5, 0.6) is 0 Å². The number of hydrazone groups is 1. The third kappa shape index (κ3) is 4.66. The Morgan fingerprint density at radius 1 is 0.871 bits per heavy atom. The van der Waals surface area contributed by atoms with Gasteiger partial charge in [-0.25, -0.2) is 5.43 Å². The van der Waals surface area contributed by atoms with Crippen molar-refractivity contribution < 1.29 is 4.79 Å². The lowest BCUT2D eigenvalue weighted by molar-refractivity contribution is -0.122. The molecule has 0 spiro atoms. The number of benzene rings is 4. The first-order valence-electron chi connectivity index (χ1n) is 10.8. The van der Waals surface area contributed by atoms with E-state index in [1.165, 1.54) is 5.56 Å². The molecule has 31 heavy (non-hydrogen) atoms. The van der Waals surface area contributed by atoms with E-state index in [1.807, 2.05) is 43.3 Å². The maximum atomic E-state index is 12.7. The third-order valence-corrected chi connectivity index (χ3v) is 5.70. The molecule has 1 atom stereocenters. The van der Waals surface area contributed by atoms with Gasteiger partial charge in [-0.1, -0.05) is 86.6 Å². The molecule has 0 fully saturated rings. The van der Waals surface area contributed by atoms with E-state index in [9.17, 15) is 4.79 Å². The summed E-state index contributed by atoms with van der Waals surface area (Å²) in [5.74, 6) is 0.234. The summed E-state index contributed by atoms with van der Waals surface area (Å²) in [7, 11) is 0. The van der Waals surface area contributed by atoms with Crippen LogP contribution in [0, 0.1) is 5.92 Å². The summed E-state index contributed by atoms with van der Waals surface area (Å²) in [6.45, 7) is 6.33. The molecular formula is C28H28N2O. The quantitative estimate of drug-likeness (QED) is 0.222. The van der Waals surface area contributed by atoms with E-state index < -0.39 is 0 Å². The monoisotopic (exact) mass is 408 g/mol. The van der Waals surface area contributed by atoms with Gasteiger partial charge in [0, 0.05) is 5.56 Å². The topological polar surface area (TPSA) is 41.5 Å². The molecule has 0 radical (unpaired) electrons. The van der Waals surface area contributed by atoms with E-state index in [-0.39, 0.29) is 11.8 Å². The Bertz CT molecular complexity index is 1190. The Labute approximate surface area is 183 Å². The van der Waals surface area contributed by atoms with Crippen LogP contribution in [0.15, 0.2) is 84.0 Å². The van der Waals surface area contributed by atoms with Crippen LogP contribution in [0.25, 0.3) is 21.5 Å². The van der Waals surface area contributed by atoms with Crippen molar-refractivity contribution >= 4 is 33.7 Å². The number of rotatable bonds is 6. The predicted octanol–water partition coefficient (Wildman–Crippen LogP) is 6.45. The number of hydrogen-bond acceptors (Lipinski definition) is 2. The van der Waals surface area contributed by atoms with Gasteiger partial charge < -0.3 is 0 Å². The van der Waals surface area contributed by atoms with Gasteiger partial charge in [-0.15, -0.1) is 0 Å². The van der Waals surface area contributed by atoms with Crippen LogP contribution in [-0.4, -0.2) is 12.1 Å². The smallest absolute Gasteiger partial charge is 0.247 e. The van der Waals surface area contributed by atoms with Crippen molar-refractivity contribution in [2.45, 2.75) is 33.1 Å². The molecule has 0 saturated carbocycles. The van der Waals surface area contributed by atoms with Gasteiger partial charge >= 0.3 is 0 Å². The molecule has 4 aromatic rings. The molecule has 3 nitrogen and oxygen atoms in total. The summed E-state index contributed by atoms with van der Waals surface area (Å²) in [5, 5.41) is 8.87. The van der Waals surface area contributed by atoms with E-state index >= 15 is 0 Å². The van der Waals surface area contributed by atoms with Crippen LogP contribution in [0.2, 0.25) is 0 Å². The Morgan fingerprint density at radius 3 is 2.03 bits per heavy atom. The maximum absolute atomic E-state index is 12.7. The van der Waals surface area contributed by atoms with Gasteiger partial charge in [-0.3, -0.25) is 4.79 Å². The van der Waals surface area contributed by atoms with E-state index in [0.717, 1.165) is 39.1 Å². The molecule has 0 aromatic heterocycles. The molecule has 1 unspecified atom stereocenters. The second-order valence-corrected chi connectivity index (χ2v) is 8.53. The molecule has 4 rings (SSSR count). The van der Waals surface area contributed by atoms with Crippen molar-refractivity contribution in [1.82, 2.24) is 5.43 Å². The van der Waals surface area contributed by atoms with Gasteiger partial charge in [-0.2, -0.15) is 5.10 Å². The van der Waals surface area contributed by atoms with Crippen molar-refractivity contribution in [3.8, 4) is 0 Å². The number of hydrogen-bond donors (Lipinski definition) is 1. The summed E-state index contributed by atoms with van der Waals surface area (Å²) in [6, 6.07) is 27.0. The average molecular weight is 409 g/mol. The normalized spacial score (nSPS) is 12.6. The van der Waals surface area contributed by atoms with Crippen LogP contribution in [0.4, 0.5) is 0 Å². The zero-order valence-corrected chi connectivity index (χ0v) is 18.3. The van der Waals surface area contributed by atoms with Gasteiger partial charge in [0.1, 0.15) is 0 Å². The van der Waals surface area contributed by atoms with E-state index in [4.69, 9.17) is 0 Å². The van der Waals surface area contributed by atoms with Crippen molar-refractivity contribution in [2.24, 2.45) is 11.0 Å². The van der Waals surface area contributed by atoms with Crippen molar-refractivity contribution in [3.63, 3.8) is 0 Å². The molecule has 0 saturated heterocycles.